The van der Waals surface area contributed by atoms with E-state index in [1.54, 1.807) is 7.11 Å². The van der Waals surface area contributed by atoms with Gasteiger partial charge in [0.2, 0.25) is 0 Å². The first-order valence-corrected chi connectivity index (χ1v) is 7.19. The lowest BCUT2D eigenvalue weighted by molar-refractivity contribution is 0.199. The second-order valence-electron chi connectivity index (χ2n) is 3.38. The third-order valence-electron chi connectivity index (χ3n) is 2.08. The molecular weight excluding hydrogens is 286 g/mol. The highest BCUT2D eigenvalue weighted by Gasteiger charge is 1.98. The van der Waals surface area contributed by atoms with Crippen LogP contribution in [0.5, 0.6) is 0 Å². The van der Waals surface area contributed by atoms with Gasteiger partial charge < -0.3 is 10.1 Å². The van der Waals surface area contributed by atoms with Crippen molar-refractivity contribution in [1.82, 2.24) is 5.32 Å². The average Bonchev–Trinajstić information content (AvgIpc) is 2.30. The van der Waals surface area contributed by atoms with Crippen LogP contribution in [0, 0.1) is 0 Å². The number of ether oxygens (including phenoxy) is 1. The first-order valence-electron chi connectivity index (χ1n) is 5.41. The van der Waals surface area contributed by atoms with Crippen molar-refractivity contribution in [2.45, 2.75) is 11.3 Å². The van der Waals surface area contributed by atoms with Gasteiger partial charge in [0.05, 0.1) is 6.61 Å². The Hall–Kier alpha value is -0.0300. The summed E-state index contributed by atoms with van der Waals surface area (Å²) >= 11 is 5.44. The number of hydrogen-bond acceptors (Lipinski definition) is 3. The molecule has 1 rings (SSSR count). The van der Waals surface area contributed by atoms with Crippen molar-refractivity contribution >= 4 is 27.7 Å². The molecule has 0 heterocycles. The van der Waals surface area contributed by atoms with Gasteiger partial charge in [0.1, 0.15) is 0 Å². The Balaban J connectivity index is 2.05. The summed E-state index contributed by atoms with van der Waals surface area (Å²) in [6, 6.07) is 8.34. The lowest BCUT2D eigenvalue weighted by atomic mass is 10.4. The molecule has 0 spiro atoms. The van der Waals surface area contributed by atoms with Crippen LogP contribution in [0.1, 0.15) is 6.42 Å². The minimum Gasteiger partial charge on any atom is -0.383 e. The van der Waals surface area contributed by atoms with Gasteiger partial charge in [-0.05, 0) is 46.8 Å². The first-order chi connectivity index (χ1) is 7.84. The van der Waals surface area contributed by atoms with Gasteiger partial charge in [-0.3, -0.25) is 0 Å². The summed E-state index contributed by atoms with van der Waals surface area (Å²) in [6.07, 6.45) is 1.18. The topological polar surface area (TPSA) is 21.3 Å². The molecule has 0 aliphatic rings. The normalized spacial score (nSPS) is 10.6. The number of rotatable bonds is 8. The van der Waals surface area contributed by atoms with Crippen LogP contribution in [0.3, 0.4) is 0 Å². The van der Waals surface area contributed by atoms with Gasteiger partial charge >= 0.3 is 0 Å². The molecule has 0 aromatic heterocycles. The molecule has 0 saturated heterocycles. The van der Waals surface area contributed by atoms with Crippen molar-refractivity contribution in [2.24, 2.45) is 0 Å². The fraction of sp³-hybridized carbons (Fsp3) is 0.500. The predicted molar refractivity (Wildman–Crippen MR) is 74.2 cm³/mol. The van der Waals surface area contributed by atoms with E-state index in [0.717, 1.165) is 25.4 Å². The van der Waals surface area contributed by atoms with Crippen molar-refractivity contribution in [2.75, 3.05) is 32.6 Å². The predicted octanol–water partition coefficient (Wildman–Crippen LogP) is 3.17. The summed E-state index contributed by atoms with van der Waals surface area (Å²) in [7, 11) is 1.73. The quantitative estimate of drug-likeness (QED) is 0.589. The largest absolute Gasteiger partial charge is 0.383 e. The van der Waals surface area contributed by atoms with Crippen molar-refractivity contribution in [1.29, 1.82) is 0 Å². The van der Waals surface area contributed by atoms with Crippen LogP contribution in [0.25, 0.3) is 0 Å². The third-order valence-corrected chi connectivity index (χ3v) is 4.19. The van der Waals surface area contributed by atoms with E-state index in [1.807, 2.05) is 17.8 Å². The molecule has 0 bridgehead atoms. The molecule has 1 aromatic carbocycles. The second kappa shape index (κ2) is 9.05. The summed E-state index contributed by atoms with van der Waals surface area (Å²) in [5.41, 5.74) is 0. The van der Waals surface area contributed by atoms with Gasteiger partial charge in [-0.1, -0.05) is 12.1 Å². The Morgan fingerprint density at radius 3 is 2.88 bits per heavy atom. The lowest BCUT2D eigenvalue weighted by Gasteiger charge is -2.05. The minimum absolute atomic E-state index is 0.789. The number of methoxy groups -OCH3 is 1. The maximum atomic E-state index is 4.96. The Labute approximate surface area is 110 Å². The summed E-state index contributed by atoms with van der Waals surface area (Å²) < 4.78 is 6.15. The number of thioether (sulfide) groups is 1. The third kappa shape index (κ3) is 5.89. The van der Waals surface area contributed by atoms with E-state index in [0.29, 0.717) is 0 Å². The van der Waals surface area contributed by atoms with Crippen molar-refractivity contribution in [3.8, 4) is 0 Å². The molecule has 2 nitrogen and oxygen atoms in total. The maximum absolute atomic E-state index is 4.96. The van der Waals surface area contributed by atoms with Gasteiger partial charge in [-0.25, -0.2) is 0 Å². The zero-order chi connectivity index (χ0) is 11.6. The zero-order valence-electron chi connectivity index (χ0n) is 9.54. The SMILES string of the molecule is COCCNCCCSc1ccccc1Br. The van der Waals surface area contributed by atoms with Gasteiger partial charge in [-0.2, -0.15) is 0 Å². The van der Waals surface area contributed by atoms with Crippen molar-refractivity contribution < 1.29 is 4.74 Å². The molecule has 1 aromatic rings. The molecule has 0 amide bonds. The molecule has 90 valence electrons. The van der Waals surface area contributed by atoms with E-state index >= 15 is 0 Å². The number of benzene rings is 1. The molecule has 0 aliphatic heterocycles. The summed E-state index contributed by atoms with van der Waals surface area (Å²) in [6.45, 7) is 2.79. The molecule has 0 saturated carbocycles. The van der Waals surface area contributed by atoms with Crippen LogP contribution >= 0.6 is 27.7 Å². The van der Waals surface area contributed by atoms with E-state index in [2.05, 4.69) is 39.4 Å². The number of halogens is 1. The van der Waals surface area contributed by atoms with E-state index in [-0.39, 0.29) is 0 Å². The highest BCUT2D eigenvalue weighted by Crippen LogP contribution is 2.27. The molecule has 0 aliphatic carbocycles. The first kappa shape index (κ1) is 14.0. The molecule has 0 atom stereocenters. The van der Waals surface area contributed by atoms with Crippen LogP contribution in [-0.2, 0) is 4.74 Å². The van der Waals surface area contributed by atoms with Crippen molar-refractivity contribution in [3.05, 3.63) is 28.7 Å². The monoisotopic (exact) mass is 303 g/mol. The molecule has 1 N–H and O–H groups in total. The Morgan fingerprint density at radius 2 is 2.12 bits per heavy atom. The maximum Gasteiger partial charge on any atom is 0.0587 e. The van der Waals surface area contributed by atoms with Gasteiger partial charge in [0, 0.05) is 23.0 Å². The minimum atomic E-state index is 0.789. The van der Waals surface area contributed by atoms with E-state index in [1.165, 1.54) is 15.8 Å². The Kier molecular flexibility index (Phi) is 7.93. The molecular formula is C12H18BrNOS. The summed E-state index contributed by atoms with van der Waals surface area (Å²) in [5.74, 6) is 1.14. The van der Waals surface area contributed by atoms with Crippen LogP contribution in [0.15, 0.2) is 33.6 Å². The number of nitrogens with one attached hydrogen (secondary N) is 1. The Bertz CT molecular complexity index is 296. The van der Waals surface area contributed by atoms with Crippen LogP contribution in [0.4, 0.5) is 0 Å². The average molecular weight is 304 g/mol. The number of hydrogen-bond donors (Lipinski definition) is 1. The van der Waals surface area contributed by atoms with E-state index in [4.69, 9.17) is 4.74 Å². The van der Waals surface area contributed by atoms with Crippen LogP contribution in [0.2, 0.25) is 0 Å². The highest BCUT2D eigenvalue weighted by atomic mass is 79.9. The lowest BCUT2D eigenvalue weighted by Crippen LogP contribution is -2.20. The van der Waals surface area contributed by atoms with Gasteiger partial charge in [0.15, 0.2) is 0 Å². The van der Waals surface area contributed by atoms with E-state index in [9.17, 15) is 0 Å². The standard InChI is InChI=1S/C12H18BrNOS/c1-15-9-8-14-7-4-10-16-12-6-3-2-5-11(12)13/h2-3,5-6,14H,4,7-10H2,1H3. The van der Waals surface area contributed by atoms with Crippen LogP contribution in [-0.4, -0.2) is 32.6 Å². The smallest absolute Gasteiger partial charge is 0.0587 e. The molecule has 0 fully saturated rings. The van der Waals surface area contributed by atoms with Crippen molar-refractivity contribution in [3.63, 3.8) is 0 Å². The summed E-state index contributed by atoms with van der Waals surface area (Å²) in [4.78, 5) is 1.32. The van der Waals surface area contributed by atoms with E-state index < -0.39 is 0 Å². The molecule has 4 heteroatoms. The zero-order valence-corrected chi connectivity index (χ0v) is 11.9. The molecule has 16 heavy (non-hydrogen) atoms. The van der Waals surface area contributed by atoms with Gasteiger partial charge in [-0.15, -0.1) is 11.8 Å². The fourth-order valence-corrected chi connectivity index (χ4v) is 2.76. The van der Waals surface area contributed by atoms with Crippen LogP contribution < -0.4 is 5.32 Å². The fourth-order valence-electron chi connectivity index (χ4n) is 1.24. The molecule has 0 radical (unpaired) electrons. The molecule has 0 unspecified atom stereocenters. The summed E-state index contributed by atoms with van der Waals surface area (Å²) in [5, 5.41) is 3.34. The second-order valence-corrected chi connectivity index (χ2v) is 5.37. The highest BCUT2D eigenvalue weighted by molar-refractivity contribution is 9.10. The van der Waals surface area contributed by atoms with Gasteiger partial charge in [0.25, 0.3) is 0 Å². The Morgan fingerprint density at radius 1 is 1.31 bits per heavy atom.